The molecule has 0 radical (unpaired) electrons. The third kappa shape index (κ3) is 1.60. The Morgan fingerprint density at radius 1 is 1.18 bits per heavy atom. The molecule has 0 amide bonds. The molecule has 0 N–H and O–H groups in total. The lowest BCUT2D eigenvalue weighted by atomic mass is 10.2. The third-order valence-corrected chi connectivity index (χ3v) is 2.91. The number of nitrogens with zero attached hydrogens (tertiary/aromatic N) is 2. The lowest BCUT2D eigenvalue weighted by Crippen LogP contribution is -1.95. The summed E-state index contributed by atoms with van der Waals surface area (Å²) in [5.41, 5.74) is 2.92. The van der Waals surface area contributed by atoms with Crippen molar-refractivity contribution in [2.24, 2.45) is 0 Å². The molecule has 0 aliphatic heterocycles. The molecular formula is C14H11FN2. The zero-order chi connectivity index (χ0) is 11.8. The van der Waals surface area contributed by atoms with Crippen molar-refractivity contribution in [1.29, 1.82) is 0 Å². The van der Waals surface area contributed by atoms with Crippen LogP contribution < -0.4 is 0 Å². The minimum Gasteiger partial charge on any atom is -0.315 e. The molecule has 17 heavy (non-hydrogen) atoms. The van der Waals surface area contributed by atoms with E-state index in [1.807, 2.05) is 36.0 Å². The van der Waals surface area contributed by atoms with Gasteiger partial charge in [-0.05, 0) is 42.8 Å². The van der Waals surface area contributed by atoms with Gasteiger partial charge >= 0.3 is 0 Å². The van der Waals surface area contributed by atoms with Crippen molar-refractivity contribution in [3.05, 3.63) is 60.3 Å². The van der Waals surface area contributed by atoms with Gasteiger partial charge in [0.25, 0.3) is 0 Å². The van der Waals surface area contributed by atoms with Crippen LogP contribution in [0.25, 0.3) is 16.6 Å². The van der Waals surface area contributed by atoms with E-state index in [0.717, 1.165) is 22.2 Å². The minimum absolute atomic E-state index is 0.208. The molecule has 0 saturated heterocycles. The van der Waals surface area contributed by atoms with Crippen LogP contribution in [0.1, 0.15) is 5.56 Å². The van der Waals surface area contributed by atoms with Gasteiger partial charge in [-0.1, -0.05) is 0 Å². The molecule has 0 atom stereocenters. The molecule has 0 spiro atoms. The Hall–Kier alpha value is -2.16. The average molecular weight is 226 g/mol. The molecule has 3 heteroatoms. The largest absolute Gasteiger partial charge is 0.315 e. The maximum Gasteiger partial charge on any atom is 0.123 e. The van der Waals surface area contributed by atoms with Gasteiger partial charge in [-0.3, -0.25) is 4.98 Å². The Kier molecular flexibility index (Phi) is 2.18. The highest BCUT2D eigenvalue weighted by Gasteiger charge is 2.06. The van der Waals surface area contributed by atoms with E-state index >= 15 is 0 Å². The van der Waals surface area contributed by atoms with Crippen LogP contribution in [0.4, 0.5) is 4.39 Å². The summed E-state index contributed by atoms with van der Waals surface area (Å²) in [5.74, 6) is -0.208. The number of aromatic nitrogens is 2. The second-order valence-corrected chi connectivity index (χ2v) is 4.05. The van der Waals surface area contributed by atoms with Crippen LogP contribution in [-0.2, 0) is 0 Å². The molecule has 0 aliphatic carbocycles. The normalized spacial score (nSPS) is 10.9. The van der Waals surface area contributed by atoms with E-state index in [1.54, 1.807) is 12.3 Å². The van der Waals surface area contributed by atoms with Crippen LogP contribution in [0.2, 0.25) is 0 Å². The zero-order valence-corrected chi connectivity index (χ0v) is 9.39. The summed E-state index contributed by atoms with van der Waals surface area (Å²) in [7, 11) is 0. The summed E-state index contributed by atoms with van der Waals surface area (Å²) in [6.07, 6.45) is 5.56. The fourth-order valence-corrected chi connectivity index (χ4v) is 2.07. The first-order chi connectivity index (χ1) is 8.25. The molecule has 0 aliphatic rings. The van der Waals surface area contributed by atoms with Crippen LogP contribution in [-0.4, -0.2) is 9.55 Å². The number of fused-ring (bicyclic) bond motifs is 1. The topological polar surface area (TPSA) is 17.8 Å². The first kappa shape index (κ1) is 10.0. The van der Waals surface area contributed by atoms with Gasteiger partial charge in [0, 0.05) is 23.5 Å². The maximum absolute atomic E-state index is 13.1. The second kappa shape index (κ2) is 3.70. The Balaban J connectivity index is 2.27. The van der Waals surface area contributed by atoms with E-state index in [4.69, 9.17) is 0 Å². The van der Waals surface area contributed by atoms with Crippen molar-refractivity contribution in [2.45, 2.75) is 6.92 Å². The molecule has 0 fully saturated rings. The summed E-state index contributed by atoms with van der Waals surface area (Å²) >= 11 is 0. The summed E-state index contributed by atoms with van der Waals surface area (Å²) in [5, 5.41) is 1.13. The highest BCUT2D eigenvalue weighted by molar-refractivity contribution is 5.81. The molecule has 3 rings (SSSR count). The maximum atomic E-state index is 13.1. The molecule has 2 aromatic heterocycles. The van der Waals surface area contributed by atoms with E-state index in [2.05, 4.69) is 4.98 Å². The number of pyridine rings is 1. The molecular weight excluding hydrogens is 215 g/mol. The van der Waals surface area contributed by atoms with Crippen molar-refractivity contribution in [1.82, 2.24) is 9.55 Å². The van der Waals surface area contributed by atoms with Gasteiger partial charge in [0.15, 0.2) is 0 Å². The first-order valence-corrected chi connectivity index (χ1v) is 5.43. The van der Waals surface area contributed by atoms with Gasteiger partial charge < -0.3 is 4.57 Å². The number of halogens is 1. The molecule has 2 heterocycles. The zero-order valence-electron chi connectivity index (χ0n) is 9.39. The van der Waals surface area contributed by atoms with Crippen molar-refractivity contribution >= 4 is 10.9 Å². The monoisotopic (exact) mass is 226 g/mol. The van der Waals surface area contributed by atoms with Crippen LogP contribution in [0.15, 0.2) is 48.9 Å². The predicted molar refractivity (Wildman–Crippen MR) is 65.8 cm³/mol. The fraction of sp³-hybridized carbons (Fsp3) is 0.0714. The number of hydrogen-bond donors (Lipinski definition) is 0. The molecule has 0 unspecified atom stereocenters. The molecule has 0 saturated carbocycles. The summed E-state index contributed by atoms with van der Waals surface area (Å²) in [4.78, 5) is 4.12. The van der Waals surface area contributed by atoms with Crippen molar-refractivity contribution in [3.63, 3.8) is 0 Å². The van der Waals surface area contributed by atoms with E-state index in [-0.39, 0.29) is 5.82 Å². The summed E-state index contributed by atoms with van der Waals surface area (Å²) in [6, 6.07) is 8.80. The van der Waals surface area contributed by atoms with Gasteiger partial charge in [-0.15, -0.1) is 0 Å². The van der Waals surface area contributed by atoms with Crippen LogP contribution in [0, 0.1) is 12.7 Å². The quantitative estimate of drug-likeness (QED) is 0.621. The Morgan fingerprint density at radius 2 is 2.06 bits per heavy atom. The highest BCUT2D eigenvalue weighted by atomic mass is 19.1. The fourth-order valence-electron chi connectivity index (χ4n) is 2.07. The van der Waals surface area contributed by atoms with E-state index in [0.29, 0.717) is 0 Å². The Bertz CT molecular complexity index is 686. The predicted octanol–water partition coefficient (Wildman–Crippen LogP) is 3.47. The van der Waals surface area contributed by atoms with E-state index in [1.165, 1.54) is 12.1 Å². The number of benzene rings is 1. The number of hydrogen-bond acceptors (Lipinski definition) is 1. The molecule has 2 nitrogen and oxygen atoms in total. The van der Waals surface area contributed by atoms with Crippen LogP contribution in [0.5, 0.6) is 0 Å². The van der Waals surface area contributed by atoms with Gasteiger partial charge in [0.05, 0.1) is 11.7 Å². The average Bonchev–Trinajstić information content (AvgIpc) is 2.73. The standard InChI is InChI=1S/C14H11FN2/c1-10-8-12(15)2-3-13(10)17-7-5-11-4-6-16-9-14(11)17/h2-9H,1H3. The SMILES string of the molecule is Cc1cc(F)ccc1-n1ccc2ccncc21. The smallest absolute Gasteiger partial charge is 0.123 e. The van der Waals surface area contributed by atoms with Crippen LogP contribution in [0.3, 0.4) is 0 Å². The number of rotatable bonds is 1. The second-order valence-electron chi connectivity index (χ2n) is 4.05. The number of aryl methyl sites for hydroxylation is 1. The van der Waals surface area contributed by atoms with Crippen molar-refractivity contribution in [3.8, 4) is 5.69 Å². The Labute approximate surface area is 98.3 Å². The molecule has 3 aromatic rings. The lowest BCUT2D eigenvalue weighted by Gasteiger charge is -2.08. The summed E-state index contributed by atoms with van der Waals surface area (Å²) < 4.78 is 15.1. The van der Waals surface area contributed by atoms with Gasteiger partial charge in [0.2, 0.25) is 0 Å². The van der Waals surface area contributed by atoms with Gasteiger partial charge in [-0.25, -0.2) is 4.39 Å². The molecule has 0 bridgehead atoms. The lowest BCUT2D eigenvalue weighted by molar-refractivity contribution is 0.626. The third-order valence-electron chi connectivity index (χ3n) is 2.91. The first-order valence-electron chi connectivity index (χ1n) is 5.43. The molecule has 84 valence electrons. The van der Waals surface area contributed by atoms with E-state index < -0.39 is 0 Å². The van der Waals surface area contributed by atoms with Crippen molar-refractivity contribution < 1.29 is 4.39 Å². The minimum atomic E-state index is -0.208. The highest BCUT2D eigenvalue weighted by Crippen LogP contribution is 2.22. The van der Waals surface area contributed by atoms with Gasteiger partial charge in [0.1, 0.15) is 5.82 Å². The van der Waals surface area contributed by atoms with Crippen LogP contribution >= 0.6 is 0 Å². The molecule has 1 aromatic carbocycles. The van der Waals surface area contributed by atoms with E-state index in [9.17, 15) is 4.39 Å². The Morgan fingerprint density at radius 3 is 2.88 bits per heavy atom. The van der Waals surface area contributed by atoms with Crippen molar-refractivity contribution in [2.75, 3.05) is 0 Å². The van der Waals surface area contributed by atoms with Gasteiger partial charge in [-0.2, -0.15) is 0 Å². The summed E-state index contributed by atoms with van der Waals surface area (Å²) in [6.45, 7) is 1.90.